The van der Waals surface area contributed by atoms with Gasteiger partial charge in [-0.25, -0.2) is 9.37 Å². The molecule has 0 aliphatic carbocycles. The molecule has 2 aromatic heterocycles. The second-order valence-electron chi connectivity index (χ2n) is 8.43. The third-order valence-corrected chi connectivity index (χ3v) is 5.65. The van der Waals surface area contributed by atoms with Crippen molar-refractivity contribution in [3.63, 3.8) is 0 Å². The quantitative estimate of drug-likeness (QED) is 0.379. The van der Waals surface area contributed by atoms with Crippen molar-refractivity contribution in [2.24, 2.45) is 0 Å². The highest BCUT2D eigenvalue weighted by molar-refractivity contribution is 5.95. The third-order valence-electron chi connectivity index (χ3n) is 5.65. The van der Waals surface area contributed by atoms with Gasteiger partial charge >= 0.3 is 0 Å². The zero-order valence-corrected chi connectivity index (χ0v) is 19.7. The molecule has 4 rings (SSSR count). The van der Waals surface area contributed by atoms with E-state index in [0.717, 1.165) is 22.0 Å². The first-order chi connectivity index (χ1) is 16.9. The maximum atomic E-state index is 14.7. The van der Waals surface area contributed by atoms with Gasteiger partial charge in [0, 0.05) is 30.2 Å². The largest absolute Gasteiger partial charge is 0.392 e. The lowest BCUT2D eigenvalue weighted by Crippen LogP contribution is -2.31. The fourth-order valence-corrected chi connectivity index (χ4v) is 3.81. The Morgan fingerprint density at radius 3 is 2.77 bits per heavy atom. The van der Waals surface area contributed by atoms with Gasteiger partial charge in [-0.05, 0) is 67.6 Å². The van der Waals surface area contributed by atoms with Gasteiger partial charge in [0.2, 0.25) is 0 Å². The number of carbonyl (C=O) groups excluding carboxylic acids is 1. The van der Waals surface area contributed by atoms with Crippen LogP contribution in [-0.4, -0.2) is 33.6 Å². The molecule has 0 unspecified atom stereocenters. The number of fused-ring (bicyclic) bond motifs is 1. The third kappa shape index (κ3) is 5.53. The summed E-state index contributed by atoms with van der Waals surface area (Å²) in [6, 6.07) is 18.2. The molecule has 6 nitrogen and oxygen atoms in total. The fourth-order valence-electron chi connectivity index (χ4n) is 3.81. The van der Waals surface area contributed by atoms with E-state index in [4.69, 9.17) is 4.98 Å². The van der Waals surface area contributed by atoms with E-state index in [1.54, 1.807) is 25.4 Å². The van der Waals surface area contributed by atoms with Crippen LogP contribution in [0.3, 0.4) is 0 Å². The summed E-state index contributed by atoms with van der Waals surface area (Å²) < 4.78 is 14.7. The van der Waals surface area contributed by atoms with Crippen LogP contribution in [0.5, 0.6) is 0 Å². The summed E-state index contributed by atoms with van der Waals surface area (Å²) in [6.07, 6.45) is 2.78. The molecular formula is C28H27FN4O2. The van der Waals surface area contributed by atoms with Crippen LogP contribution in [0.15, 0.2) is 79.6 Å². The van der Waals surface area contributed by atoms with E-state index in [1.165, 1.54) is 12.1 Å². The zero-order valence-electron chi connectivity index (χ0n) is 19.7. The molecule has 0 saturated heterocycles. The molecule has 178 valence electrons. The Balaban J connectivity index is 1.60. The summed E-state index contributed by atoms with van der Waals surface area (Å²) in [5.41, 5.74) is 4.01. The number of benzene rings is 2. The van der Waals surface area contributed by atoms with Crippen molar-refractivity contribution >= 4 is 22.6 Å². The van der Waals surface area contributed by atoms with Gasteiger partial charge in [0.25, 0.3) is 5.91 Å². The minimum absolute atomic E-state index is 0.0496. The van der Waals surface area contributed by atoms with Crippen LogP contribution >= 0.6 is 0 Å². The molecule has 0 spiro atoms. The Labute approximate surface area is 203 Å². The summed E-state index contributed by atoms with van der Waals surface area (Å²) >= 11 is 0. The molecule has 7 heteroatoms. The first-order valence-corrected chi connectivity index (χ1v) is 11.3. The van der Waals surface area contributed by atoms with Crippen molar-refractivity contribution in [3.8, 4) is 11.3 Å². The van der Waals surface area contributed by atoms with Crippen LogP contribution in [-0.2, 0) is 6.54 Å². The molecular weight excluding hydrogens is 443 g/mol. The second kappa shape index (κ2) is 10.4. The molecule has 0 radical (unpaired) electrons. The number of amides is 1. The molecule has 0 saturated carbocycles. The van der Waals surface area contributed by atoms with Crippen molar-refractivity contribution in [1.29, 1.82) is 0 Å². The summed E-state index contributed by atoms with van der Waals surface area (Å²) in [5, 5.41) is 12.9. The summed E-state index contributed by atoms with van der Waals surface area (Å²) in [5.74, 6) is -0.515. The first kappa shape index (κ1) is 24.0. The monoisotopic (exact) mass is 470 g/mol. The number of aliphatic hydroxyl groups is 1. The first-order valence-electron chi connectivity index (χ1n) is 11.3. The van der Waals surface area contributed by atoms with Gasteiger partial charge in [-0.15, -0.1) is 0 Å². The van der Waals surface area contributed by atoms with Gasteiger partial charge in [-0.1, -0.05) is 30.8 Å². The van der Waals surface area contributed by atoms with Crippen molar-refractivity contribution in [2.45, 2.75) is 26.5 Å². The maximum Gasteiger partial charge on any atom is 0.254 e. The van der Waals surface area contributed by atoms with Crippen molar-refractivity contribution in [2.75, 3.05) is 11.4 Å². The molecule has 35 heavy (non-hydrogen) atoms. The SMILES string of the molecule is C=CN(Cc1ccc2ncccc2c1)c1nc(-c2ccc(C(=O)NC[C@H](C)O)c(F)c2)ccc1C. The van der Waals surface area contributed by atoms with Crippen LogP contribution in [0, 0.1) is 12.7 Å². The van der Waals surface area contributed by atoms with Crippen LogP contribution in [0.2, 0.25) is 0 Å². The van der Waals surface area contributed by atoms with Gasteiger partial charge in [0.1, 0.15) is 11.6 Å². The lowest BCUT2D eigenvalue weighted by atomic mass is 10.1. The van der Waals surface area contributed by atoms with E-state index in [-0.39, 0.29) is 12.1 Å². The Morgan fingerprint density at radius 2 is 2.03 bits per heavy atom. The summed E-state index contributed by atoms with van der Waals surface area (Å²) in [6.45, 7) is 8.08. The van der Waals surface area contributed by atoms with E-state index in [1.807, 2.05) is 48.2 Å². The van der Waals surface area contributed by atoms with Gasteiger partial charge < -0.3 is 15.3 Å². The van der Waals surface area contributed by atoms with E-state index in [9.17, 15) is 14.3 Å². The molecule has 1 atom stereocenters. The maximum absolute atomic E-state index is 14.7. The zero-order chi connectivity index (χ0) is 24.9. The number of carbonyl (C=O) groups is 1. The predicted octanol–water partition coefficient (Wildman–Crippen LogP) is 5.01. The number of halogens is 1. The van der Waals surface area contributed by atoms with Gasteiger partial charge in [-0.2, -0.15) is 0 Å². The predicted molar refractivity (Wildman–Crippen MR) is 137 cm³/mol. The topological polar surface area (TPSA) is 78.4 Å². The molecule has 2 heterocycles. The molecule has 1 amide bonds. The normalized spacial score (nSPS) is 11.8. The van der Waals surface area contributed by atoms with Gasteiger partial charge in [-0.3, -0.25) is 9.78 Å². The lowest BCUT2D eigenvalue weighted by molar-refractivity contribution is 0.0920. The van der Waals surface area contributed by atoms with Crippen LogP contribution in [0.1, 0.15) is 28.4 Å². The number of aryl methyl sites for hydroxylation is 1. The van der Waals surface area contributed by atoms with Crippen molar-refractivity contribution < 1.29 is 14.3 Å². The number of aliphatic hydroxyl groups excluding tert-OH is 1. The molecule has 2 aromatic carbocycles. The number of rotatable bonds is 8. The Hall–Kier alpha value is -4.10. The standard InChI is InChI=1S/C28H27FN4O2/c1-4-33(17-20-8-12-25-21(14-20)6-5-13-30-25)27-18(2)7-11-26(32-27)22-9-10-23(24(29)15-22)28(35)31-16-19(3)34/h4-15,19,34H,1,16-17H2,2-3H3,(H,31,35)/t19-/m0/s1. The van der Waals surface area contributed by atoms with Crippen LogP contribution < -0.4 is 10.2 Å². The van der Waals surface area contributed by atoms with Gasteiger partial charge in [0.05, 0.1) is 22.9 Å². The average Bonchev–Trinajstić information content (AvgIpc) is 2.86. The molecule has 4 aromatic rings. The number of nitrogens with one attached hydrogen (secondary N) is 1. The second-order valence-corrected chi connectivity index (χ2v) is 8.43. The van der Waals surface area contributed by atoms with E-state index in [2.05, 4.69) is 22.9 Å². The molecule has 2 N–H and O–H groups in total. The highest BCUT2D eigenvalue weighted by atomic mass is 19.1. The molecule has 0 bridgehead atoms. The Morgan fingerprint density at radius 1 is 1.20 bits per heavy atom. The number of hydrogen-bond acceptors (Lipinski definition) is 5. The van der Waals surface area contributed by atoms with Crippen molar-refractivity contribution in [1.82, 2.24) is 15.3 Å². The number of nitrogens with zero attached hydrogens (tertiary/aromatic N) is 3. The Kier molecular flexibility index (Phi) is 7.17. The van der Waals surface area contributed by atoms with Crippen LogP contribution in [0.25, 0.3) is 22.2 Å². The minimum Gasteiger partial charge on any atom is -0.392 e. The molecule has 0 aliphatic rings. The average molecular weight is 471 g/mol. The molecule has 0 aliphatic heterocycles. The van der Waals surface area contributed by atoms with E-state index >= 15 is 0 Å². The number of pyridine rings is 2. The highest BCUT2D eigenvalue weighted by Gasteiger charge is 2.16. The molecule has 0 fully saturated rings. The van der Waals surface area contributed by atoms with E-state index in [0.29, 0.717) is 23.6 Å². The number of anilines is 1. The number of hydrogen-bond donors (Lipinski definition) is 2. The van der Waals surface area contributed by atoms with E-state index < -0.39 is 17.8 Å². The summed E-state index contributed by atoms with van der Waals surface area (Å²) in [4.78, 5) is 23.3. The number of aromatic nitrogens is 2. The van der Waals surface area contributed by atoms with Crippen LogP contribution in [0.4, 0.5) is 10.2 Å². The minimum atomic E-state index is -0.712. The lowest BCUT2D eigenvalue weighted by Gasteiger charge is -2.22. The van der Waals surface area contributed by atoms with Crippen molar-refractivity contribution in [3.05, 3.63) is 102 Å². The summed E-state index contributed by atoms with van der Waals surface area (Å²) in [7, 11) is 0. The van der Waals surface area contributed by atoms with Gasteiger partial charge in [0.15, 0.2) is 0 Å². The smallest absolute Gasteiger partial charge is 0.254 e. The fraction of sp³-hybridized carbons (Fsp3) is 0.179. The Bertz CT molecular complexity index is 1390. The highest BCUT2D eigenvalue weighted by Crippen LogP contribution is 2.27.